The molecule has 6 heteroatoms. The van der Waals surface area contributed by atoms with Gasteiger partial charge in [-0.1, -0.05) is 29.3 Å². The van der Waals surface area contributed by atoms with E-state index >= 15 is 0 Å². The Balaban J connectivity index is 0.00000180. The van der Waals surface area contributed by atoms with Crippen molar-refractivity contribution in [1.82, 2.24) is 10.6 Å². The van der Waals surface area contributed by atoms with Crippen molar-refractivity contribution in [2.75, 3.05) is 13.1 Å². The van der Waals surface area contributed by atoms with Crippen molar-refractivity contribution in [3.05, 3.63) is 33.8 Å². The van der Waals surface area contributed by atoms with Crippen LogP contribution in [0.15, 0.2) is 18.2 Å². The van der Waals surface area contributed by atoms with Crippen LogP contribution >= 0.6 is 40.2 Å². The molecule has 0 atom stereocenters. The maximum absolute atomic E-state index is 11.9. The molecule has 0 aliphatic carbocycles. The average molecular weight is 368 g/mol. The van der Waals surface area contributed by atoms with Crippen LogP contribution in [0.2, 0.25) is 10.0 Å². The first-order valence-electron chi connectivity index (χ1n) is 6.09. The van der Waals surface area contributed by atoms with E-state index in [0.29, 0.717) is 16.6 Å². The van der Waals surface area contributed by atoms with Gasteiger partial charge in [-0.3, -0.25) is 4.79 Å². The molecular formula is C13H17BrCl2N2O. The van der Waals surface area contributed by atoms with Crippen molar-refractivity contribution >= 4 is 46.1 Å². The summed E-state index contributed by atoms with van der Waals surface area (Å²) in [5, 5.41) is 7.37. The topological polar surface area (TPSA) is 41.1 Å². The van der Waals surface area contributed by atoms with Gasteiger partial charge in [-0.2, -0.15) is 0 Å². The van der Waals surface area contributed by atoms with Crippen molar-refractivity contribution in [2.24, 2.45) is 5.92 Å². The molecule has 0 bridgehead atoms. The molecule has 1 fully saturated rings. The molecule has 0 unspecified atom stereocenters. The van der Waals surface area contributed by atoms with Crippen molar-refractivity contribution in [1.29, 1.82) is 0 Å². The van der Waals surface area contributed by atoms with E-state index in [0.717, 1.165) is 31.5 Å². The monoisotopic (exact) mass is 366 g/mol. The van der Waals surface area contributed by atoms with Crippen molar-refractivity contribution in [3.8, 4) is 0 Å². The second-order valence-electron chi connectivity index (χ2n) is 4.48. The lowest BCUT2D eigenvalue weighted by Crippen LogP contribution is -2.37. The summed E-state index contributed by atoms with van der Waals surface area (Å²) in [6.45, 7) is 2.29. The maximum Gasteiger partial charge on any atom is 0.223 e. The van der Waals surface area contributed by atoms with Crippen LogP contribution in [0.3, 0.4) is 0 Å². The molecule has 1 aromatic carbocycles. The molecule has 0 radical (unpaired) electrons. The number of halogens is 3. The standard InChI is InChI=1S/C13H16Cl2N2O.BrH/c14-11-2-1-10(12(15)7-11)8-17-13(18)9-3-5-16-6-4-9;/h1-2,7,9,16H,3-6,8H2,(H,17,18);1H. The minimum atomic E-state index is 0. The number of hydrogen-bond donors (Lipinski definition) is 2. The second-order valence-corrected chi connectivity index (χ2v) is 5.32. The number of benzene rings is 1. The highest BCUT2D eigenvalue weighted by Gasteiger charge is 2.20. The van der Waals surface area contributed by atoms with E-state index < -0.39 is 0 Å². The molecule has 3 nitrogen and oxygen atoms in total. The van der Waals surface area contributed by atoms with Crippen molar-refractivity contribution < 1.29 is 4.79 Å². The first-order valence-corrected chi connectivity index (χ1v) is 6.85. The molecule has 2 N–H and O–H groups in total. The number of nitrogens with one attached hydrogen (secondary N) is 2. The second kappa shape index (κ2) is 8.10. The Morgan fingerprint density at radius 1 is 1.32 bits per heavy atom. The van der Waals surface area contributed by atoms with Gasteiger partial charge in [0.05, 0.1) is 0 Å². The molecular weight excluding hydrogens is 351 g/mol. The highest BCUT2D eigenvalue weighted by molar-refractivity contribution is 8.93. The van der Waals surface area contributed by atoms with Gasteiger partial charge >= 0.3 is 0 Å². The molecule has 1 heterocycles. The third-order valence-electron chi connectivity index (χ3n) is 3.18. The predicted octanol–water partition coefficient (Wildman–Crippen LogP) is 3.19. The fourth-order valence-electron chi connectivity index (χ4n) is 2.08. The van der Waals surface area contributed by atoms with Crippen LogP contribution in [-0.4, -0.2) is 19.0 Å². The SMILES string of the molecule is Br.O=C(NCc1ccc(Cl)cc1Cl)C1CCNCC1. The average Bonchev–Trinajstić information content (AvgIpc) is 2.38. The number of piperidine rings is 1. The fourth-order valence-corrected chi connectivity index (χ4v) is 2.55. The van der Waals surface area contributed by atoms with Crippen LogP contribution in [0, 0.1) is 5.92 Å². The van der Waals surface area contributed by atoms with Crippen LogP contribution in [0.4, 0.5) is 0 Å². The first kappa shape index (κ1) is 16.8. The quantitative estimate of drug-likeness (QED) is 0.861. The molecule has 1 saturated heterocycles. The summed E-state index contributed by atoms with van der Waals surface area (Å²) >= 11 is 11.9. The van der Waals surface area contributed by atoms with Gasteiger partial charge in [-0.25, -0.2) is 0 Å². The van der Waals surface area contributed by atoms with E-state index in [4.69, 9.17) is 23.2 Å². The van der Waals surface area contributed by atoms with Gasteiger partial charge in [0, 0.05) is 22.5 Å². The number of hydrogen-bond acceptors (Lipinski definition) is 2. The summed E-state index contributed by atoms with van der Waals surface area (Å²) < 4.78 is 0. The first-order chi connectivity index (χ1) is 8.66. The van der Waals surface area contributed by atoms with E-state index in [2.05, 4.69) is 10.6 Å². The summed E-state index contributed by atoms with van der Waals surface area (Å²) in [6.07, 6.45) is 1.81. The van der Waals surface area contributed by atoms with E-state index in [-0.39, 0.29) is 28.8 Å². The summed E-state index contributed by atoms with van der Waals surface area (Å²) in [7, 11) is 0. The number of carbonyl (C=O) groups excluding carboxylic acids is 1. The normalized spacial score (nSPS) is 15.7. The van der Waals surface area contributed by atoms with Gasteiger partial charge in [-0.05, 0) is 43.6 Å². The molecule has 1 aliphatic rings. The maximum atomic E-state index is 11.9. The Hall–Kier alpha value is -0.290. The van der Waals surface area contributed by atoms with Gasteiger partial charge in [-0.15, -0.1) is 17.0 Å². The van der Waals surface area contributed by atoms with Crippen LogP contribution in [-0.2, 0) is 11.3 Å². The van der Waals surface area contributed by atoms with E-state index in [1.165, 1.54) is 0 Å². The molecule has 106 valence electrons. The minimum Gasteiger partial charge on any atom is -0.352 e. The molecule has 2 rings (SSSR count). The summed E-state index contributed by atoms with van der Waals surface area (Å²) in [4.78, 5) is 11.9. The number of amides is 1. The van der Waals surface area contributed by atoms with Crippen LogP contribution in [0.25, 0.3) is 0 Å². The van der Waals surface area contributed by atoms with E-state index in [1.807, 2.05) is 6.07 Å². The predicted molar refractivity (Wildman–Crippen MR) is 84.2 cm³/mol. The van der Waals surface area contributed by atoms with E-state index in [9.17, 15) is 4.79 Å². The smallest absolute Gasteiger partial charge is 0.223 e. The van der Waals surface area contributed by atoms with Crippen molar-refractivity contribution in [3.63, 3.8) is 0 Å². The Morgan fingerprint density at radius 3 is 2.63 bits per heavy atom. The van der Waals surface area contributed by atoms with Gasteiger partial charge in [0.1, 0.15) is 0 Å². The third kappa shape index (κ3) is 4.95. The van der Waals surface area contributed by atoms with Gasteiger partial charge < -0.3 is 10.6 Å². The lowest BCUT2D eigenvalue weighted by molar-refractivity contribution is -0.125. The van der Waals surface area contributed by atoms with Gasteiger partial charge in [0.2, 0.25) is 5.91 Å². The zero-order chi connectivity index (χ0) is 13.0. The van der Waals surface area contributed by atoms with E-state index in [1.54, 1.807) is 12.1 Å². The molecule has 1 aliphatic heterocycles. The summed E-state index contributed by atoms with van der Waals surface area (Å²) in [5.41, 5.74) is 0.892. The third-order valence-corrected chi connectivity index (χ3v) is 3.77. The number of rotatable bonds is 3. The molecule has 1 amide bonds. The Kier molecular flexibility index (Phi) is 7.15. The minimum absolute atomic E-state index is 0. The Morgan fingerprint density at radius 2 is 2.00 bits per heavy atom. The van der Waals surface area contributed by atoms with Crippen LogP contribution in [0.1, 0.15) is 18.4 Å². The summed E-state index contributed by atoms with van der Waals surface area (Å²) in [6, 6.07) is 5.31. The fraction of sp³-hybridized carbons (Fsp3) is 0.462. The molecule has 0 spiro atoms. The van der Waals surface area contributed by atoms with Gasteiger partial charge in [0.25, 0.3) is 0 Å². The van der Waals surface area contributed by atoms with Crippen molar-refractivity contribution in [2.45, 2.75) is 19.4 Å². The largest absolute Gasteiger partial charge is 0.352 e. The molecule has 19 heavy (non-hydrogen) atoms. The number of carbonyl (C=O) groups is 1. The molecule has 1 aromatic rings. The highest BCUT2D eigenvalue weighted by Crippen LogP contribution is 2.21. The molecule has 0 saturated carbocycles. The molecule has 0 aromatic heterocycles. The van der Waals surface area contributed by atoms with Crippen LogP contribution in [0.5, 0.6) is 0 Å². The van der Waals surface area contributed by atoms with Crippen LogP contribution < -0.4 is 10.6 Å². The zero-order valence-corrected chi connectivity index (χ0v) is 13.6. The Bertz CT molecular complexity index is 437. The van der Waals surface area contributed by atoms with Gasteiger partial charge in [0.15, 0.2) is 0 Å². The lowest BCUT2D eigenvalue weighted by atomic mass is 9.97. The Labute approximate surface area is 133 Å². The lowest BCUT2D eigenvalue weighted by Gasteiger charge is -2.21. The summed E-state index contributed by atoms with van der Waals surface area (Å²) in [5.74, 6) is 0.236. The highest BCUT2D eigenvalue weighted by atomic mass is 79.9. The zero-order valence-electron chi connectivity index (χ0n) is 10.4.